The number of carbonyl (C=O) groups is 1. The molecule has 0 rings (SSSR count). The number of rotatable bonds is 5. The molecule has 0 bridgehead atoms. The topological polar surface area (TPSA) is 58.6 Å². The molecule has 2 N–H and O–H groups in total. The average molecular weight is 243 g/mol. The molecule has 0 heterocycles. The number of halogens is 3. The SMILES string of the molecule is COC(=O)C(C)C(C)NCC(O)C(F)(F)F. The van der Waals surface area contributed by atoms with Gasteiger partial charge in [0.05, 0.1) is 13.0 Å². The van der Waals surface area contributed by atoms with Crippen LogP contribution in [0.25, 0.3) is 0 Å². The van der Waals surface area contributed by atoms with E-state index in [4.69, 9.17) is 5.11 Å². The van der Waals surface area contributed by atoms with Gasteiger partial charge >= 0.3 is 12.1 Å². The van der Waals surface area contributed by atoms with Gasteiger partial charge in [-0.2, -0.15) is 13.2 Å². The summed E-state index contributed by atoms with van der Waals surface area (Å²) in [5.41, 5.74) is 0. The van der Waals surface area contributed by atoms with Crippen molar-refractivity contribution >= 4 is 5.97 Å². The van der Waals surface area contributed by atoms with Crippen LogP contribution in [0.15, 0.2) is 0 Å². The van der Waals surface area contributed by atoms with Crippen molar-refractivity contribution in [3.8, 4) is 0 Å². The zero-order valence-corrected chi connectivity index (χ0v) is 9.34. The van der Waals surface area contributed by atoms with Gasteiger partial charge in [-0.15, -0.1) is 0 Å². The Morgan fingerprint density at radius 3 is 2.31 bits per heavy atom. The van der Waals surface area contributed by atoms with Crippen LogP contribution in [0, 0.1) is 5.92 Å². The Morgan fingerprint density at radius 2 is 1.94 bits per heavy atom. The van der Waals surface area contributed by atoms with Gasteiger partial charge in [0.25, 0.3) is 0 Å². The maximum Gasteiger partial charge on any atom is 0.415 e. The van der Waals surface area contributed by atoms with E-state index in [-0.39, 0.29) is 0 Å². The first-order chi connectivity index (χ1) is 7.20. The molecule has 0 spiro atoms. The molecule has 0 aromatic rings. The van der Waals surface area contributed by atoms with Crippen molar-refractivity contribution in [3.05, 3.63) is 0 Å². The number of hydrogen-bond donors (Lipinski definition) is 2. The molecular weight excluding hydrogens is 227 g/mol. The molecule has 4 nitrogen and oxygen atoms in total. The number of carbonyl (C=O) groups excluding carboxylic acids is 1. The maximum absolute atomic E-state index is 11.9. The summed E-state index contributed by atoms with van der Waals surface area (Å²) in [4.78, 5) is 11.0. The summed E-state index contributed by atoms with van der Waals surface area (Å²) in [5, 5.41) is 11.1. The van der Waals surface area contributed by atoms with Crippen molar-refractivity contribution in [3.63, 3.8) is 0 Å². The van der Waals surface area contributed by atoms with Crippen LogP contribution in [0.2, 0.25) is 0 Å². The monoisotopic (exact) mass is 243 g/mol. The molecule has 3 unspecified atom stereocenters. The number of aliphatic hydroxyl groups excluding tert-OH is 1. The molecule has 0 saturated heterocycles. The fourth-order valence-corrected chi connectivity index (χ4v) is 0.980. The van der Waals surface area contributed by atoms with Gasteiger partial charge in [-0.1, -0.05) is 6.92 Å². The van der Waals surface area contributed by atoms with Gasteiger partial charge in [0.1, 0.15) is 0 Å². The number of nitrogens with one attached hydrogen (secondary N) is 1. The molecule has 0 aromatic heterocycles. The number of esters is 1. The summed E-state index contributed by atoms with van der Waals surface area (Å²) in [6.45, 7) is 2.43. The normalized spacial score (nSPS) is 17.7. The Bertz CT molecular complexity index is 233. The highest BCUT2D eigenvalue weighted by molar-refractivity contribution is 5.72. The van der Waals surface area contributed by atoms with E-state index >= 15 is 0 Å². The molecule has 0 fully saturated rings. The van der Waals surface area contributed by atoms with E-state index in [2.05, 4.69) is 10.1 Å². The molecule has 0 aliphatic heterocycles. The molecule has 0 saturated carbocycles. The van der Waals surface area contributed by atoms with E-state index in [0.717, 1.165) is 0 Å². The molecule has 0 aliphatic rings. The molecule has 7 heteroatoms. The molecule has 0 aromatic carbocycles. The highest BCUT2D eigenvalue weighted by Crippen LogP contribution is 2.19. The zero-order chi connectivity index (χ0) is 12.9. The minimum Gasteiger partial charge on any atom is -0.469 e. The van der Waals surface area contributed by atoms with Crippen LogP contribution in [-0.2, 0) is 9.53 Å². The van der Waals surface area contributed by atoms with E-state index < -0.39 is 36.8 Å². The number of hydrogen-bond acceptors (Lipinski definition) is 4. The molecule has 0 amide bonds. The van der Waals surface area contributed by atoms with Crippen LogP contribution >= 0.6 is 0 Å². The smallest absolute Gasteiger partial charge is 0.415 e. The molecule has 96 valence electrons. The minimum atomic E-state index is -4.65. The summed E-state index contributed by atoms with van der Waals surface area (Å²) in [5.74, 6) is -1.09. The van der Waals surface area contributed by atoms with Crippen LogP contribution < -0.4 is 5.32 Å². The van der Waals surface area contributed by atoms with Gasteiger partial charge in [0.2, 0.25) is 0 Å². The van der Waals surface area contributed by atoms with Crippen molar-refractivity contribution in [1.29, 1.82) is 0 Å². The van der Waals surface area contributed by atoms with Crippen molar-refractivity contribution in [2.45, 2.75) is 32.2 Å². The second-order valence-corrected chi connectivity index (χ2v) is 3.57. The lowest BCUT2D eigenvalue weighted by Crippen LogP contribution is -2.45. The number of ether oxygens (including phenoxy) is 1. The highest BCUT2D eigenvalue weighted by Gasteiger charge is 2.38. The summed E-state index contributed by atoms with van der Waals surface area (Å²) in [7, 11) is 1.20. The van der Waals surface area contributed by atoms with Crippen molar-refractivity contribution < 1.29 is 27.8 Å². The first kappa shape index (κ1) is 15.2. The van der Waals surface area contributed by atoms with Crippen LogP contribution in [0.4, 0.5) is 13.2 Å². The van der Waals surface area contributed by atoms with E-state index in [1.165, 1.54) is 14.0 Å². The lowest BCUT2D eigenvalue weighted by molar-refractivity contribution is -0.202. The summed E-state index contributed by atoms with van der Waals surface area (Å²) in [6.07, 6.45) is -7.08. The Hall–Kier alpha value is -0.820. The lowest BCUT2D eigenvalue weighted by Gasteiger charge is -2.22. The standard InChI is InChI=1S/C9H16F3NO3/c1-5(8(15)16-3)6(2)13-4-7(14)9(10,11)12/h5-7,13-14H,4H2,1-3H3. The van der Waals surface area contributed by atoms with Crippen LogP contribution in [0.3, 0.4) is 0 Å². The lowest BCUT2D eigenvalue weighted by atomic mass is 10.0. The van der Waals surface area contributed by atoms with Crippen LogP contribution in [0.5, 0.6) is 0 Å². The van der Waals surface area contributed by atoms with Gasteiger partial charge in [0.15, 0.2) is 6.10 Å². The molecule has 0 aliphatic carbocycles. The molecule has 16 heavy (non-hydrogen) atoms. The van der Waals surface area contributed by atoms with Gasteiger partial charge in [-0.3, -0.25) is 4.79 Å². The Morgan fingerprint density at radius 1 is 1.44 bits per heavy atom. The van der Waals surface area contributed by atoms with E-state index in [9.17, 15) is 18.0 Å². The summed E-state index contributed by atoms with van der Waals surface area (Å²) < 4.78 is 40.3. The fraction of sp³-hybridized carbons (Fsp3) is 0.889. The first-order valence-corrected chi connectivity index (χ1v) is 4.76. The average Bonchev–Trinajstić information content (AvgIpc) is 2.21. The number of methoxy groups -OCH3 is 1. The number of aliphatic hydroxyl groups is 1. The quantitative estimate of drug-likeness (QED) is 0.698. The highest BCUT2D eigenvalue weighted by atomic mass is 19.4. The van der Waals surface area contributed by atoms with Crippen molar-refractivity contribution in [2.75, 3.05) is 13.7 Å². The third-order valence-electron chi connectivity index (χ3n) is 2.33. The predicted octanol–water partition coefficient (Wildman–Crippen LogP) is 0.697. The van der Waals surface area contributed by atoms with Crippen LogP contribution in [0.1, 0.15) is 13.8 Å². The van der Waals surface area contributed by atoms with E-state index in [1.807, 2.05) is 0 Å². The third kappa shape index (κ3) is 4.80. The second-order valence-electron chi connectivity index (χ2n) is 3.57. The third-order valence-corrected chi connectivity index (χ3v) is 2.33. The van der Waals surface area contributed by atoms with E-state index in [0.29, 0.717) is 0 Å². The van der Waals surface area contributed by atoms with Crippen molar-refractivity contribution in [1.82, 2.24) is 5.32 Å². The Labute approximate surface area is 91.8 Å². The van der Waals surface area contributed by atoms with Crippen LogP contribution in [-0.4, -0.2) is 43.1 Å². The first-order valence-electron chi connectivity index (χ1n) is 4.76. The van der Waals surface area contributed by atoms with Gasteiger partial charge in [0, 0.05) is 12.6 Å². The van der Waals surface area contributed by atoms with Crippen molar-refractivity contribution in [2.24, 2.45) is 5.92 Å². The van der Waals surface area contributed by atoms with Gasteiger partial charge < -0.3 is 15.2 Å². The Balaban J connectivity index is 4.07. The summed E-state index contributed by atoms with van der Waals surface area (Å²) >= 11 is 0. The summed E-state index contributed by atoms with van der Waals surface area (Å²) in [6, 6.07) is -0.510. The molecular formula is C9H16F3NO3. The van der Waals surface area contributed by atoms with Gasteiger partial charge in [-0.25, -0.2) is 0 Å². The van der Waals surface area contributed by atoms with Gasteiger partial charge in [-0.05, 0) is 6.92 Å². The Kier molecular flexibility index (Phi) is 5.74. The second kappa shape index (κ2) is 6.05. The molecule has 0 radical (unpaired) electrons. The van der Waals surface area contributed by atoms with E-state index in [1.54, 1.807) is 6.92 Å². The zero-order valence-electron chi connectivity index (χ0n) is 9.34. The maximum atomic E-state index is 11.9. The largest absolute Gasteiger partial charge is 0.469 e. The minimum absolute atomic E-state index is 0.510. The predicted molar refractivity (Wildman–Crippen MR) is 50.7 cm³/mol. The molecule has 3 atom stereocenters. The fourth-order valence-electron chi connectivity index (χ4n) is 0.980. The number of alkyl halides is 3.